The van der Waals surface area contributed by atoms with Crippen LogP contribution in [0.4, 0.5) is 0 Å². The van der Waals surface area contributed by atoms with Gasteiger partial charge < -0.3 is 10.1 Å². The van der Waals surface area contributed by atoms with Crippen molar-refractivity contribution in [3.8, 4) is 0 Å². The van der Waals surface area contributed by atoms with Crippen LogP contribution >= 0.6 is 0 Å². The van der Waals surface area contributed by atoms with Gasteiger partial charge in [-0.25, -0.2) is 0 Å². The zero-order valence-electron chi connectivity index (χ0n) is 13.4. The predicted molar refractivity (Wildman–Crippen MR) is 85.0 cm³/mol. The van der Waals surface area contributed by atoms with Gasteiger partial charge in [0.1, 0.15) is 0 Å². The number of rotatable bonds is 6. The van der Waals surface area contributed by atoms with E-state index in [0.717, 1.165) is 12.3 Å². The Morgan fingerprint density at radius 2 is 1.85 bits per heavy atom. The first-order valence-electron chi connectivity index (χ1n) is 7.96. The molecular formula is C18H29NO. The third kappa shape index (κ3) is 4.32. The zero-order valence-corrected chi connectivity index (χ0v) is 13.4. The Morgan fingerprint density at radius 1 is 1.15 bits per heavy atom. The number of hydrogen-bond donors (Lipinski definition) is 1. The maximum Gasteiger partial charge on any atom is 0.0586 e. The molecule has 1 fully saturated rings. The molecule has 1 N–H and O–H groups in total. The molecule has 1 saturated carbocycles. The summed E-state index contributed by atoms with van der Waals surface area (Å²) in [7, 11) is 1.82. The van der Waals surface area contributed by atoms with E-state index in [2.05, 4.69) is 50.4 Å². The van der Waals surface area contributed by atoms with Gasteiger partial charge in [-0.15, -0.1) is 0 Å². The molecule has 1 aromatic carbocycles. The van der Waals surface area contributed by atoms with Crippen molar-refractivity contribution in [2.24, 2.45) is 5.92 Å². The van der Waals surface area contributed by atoms with Gasteiger partial charge in [0.25, 0.3) is 0 Å². The summed E-state index contributed by atoms with van der Waals surface area (Å²) in [5.74, 6) is 0.723. The smallest absolute Gasteiger partial charge is 0.0586 e. The average Bonchev–Trinajstić information content (AvgIpc) is 2.86. The molecule has 1 aliphatic rings. The van der Waals surface area contributed by atoms with Crippen molar-refractivity contribution in [2.75, 3.05) is 7.11 Å². The molecule has 112 valence electrons. The van der Waals surface area contributed by atoms with Gasteiger partial charge in [0, 0.05) is 19.2 Å². The minimum absolute atomic E-state index is 0.420. The van der Waals surface area contributed by atoms with E-state index >= 15 is 0 Å². The minimum Gasteiger partial charge on any atom is -0.381 e. The number of ether oxygens (including phenoxy) is 1. The molecule has 0 heterocycles. The summed E-state index contributed by atoms with van der Waals surface area (Å²) in [5, 5.41) is 3.74. The van der Waals surface area contributed by atoms with Gasteiger partial charge in [-0.3, -0.25) is 0 Å². The Morgan fingerprint density at radius 3 is 2.40 bits per heavy atom. The maximum absolute atomic E-state index is 5.44. The van der Waals surface area contributed by atoms with E-state index in [1.165, 1.54) is 30.4 Å². The van der Waals surface area contributed by atoms with Crippen molar-refractivity contribution < 1.29 is 4.74 Å². The summed E-state index contributed by atoms with van der Waals surface area (Å²) in [6.07, 6.45) is 5.18. The van der Waals surface area contributed by atoms with Crippen LogP contribution in [0.2, 0.25) is 0 Å². The van der Waals surface area contributed by atoms with E-state index in [1.807, 2.05) is 7.11 Å². The highest BCUT2D eigenvalue weighted by molar-refractivity contribution is 5.25. The minimum atomic E-state index is 0.420. The molecule has 1 aliphatic carbocycles. The number of nitrogens with one attached hydrogen (secondary N) is 1. The first kappa shape index (κ1) is 15.5. The monoisotopic (exact) mass is 275 g/mol. The highest BCUT2D eigenvalue weighted by Gasteiger charge is 2.25. The van der Waals surface area contributed by atoms with Crippen LogP contribution in [0, 0.1) is 5.92 Å². The second-order valence-electron chi connectivity index (χ2n) is 6.60. The largest absolute Gasteiger partial charge is 0.381 e. The Bertz CT molecular complexity index is 398. The van der Waals surface area contributed by atoms with E-state index in [0.29, 0.717) is 18.2 Å². The van der Waals surface area contributed by atoms with Crippen LogP contribution < -0.4 is 5.32 Å². The normalized spacial score (nSPS) is 24.2. The van der Waals surface area contributed by atoms with E-state index in [9.17, 15) is 0 Å². The Labute approximate surface area is 123 Å². The van der Waals surface area contributed by atoms with Crippen LogP contribution in [0.15, 0.2) is 24.3 Å². The fraction of sp³-hybridized carbons (Fsp3) is 0.667. The number of methoxy groups -OCH3 is 1. The quantitative estimate of drug-likeness (QED) is 0.844. The van der Waals surface area contributed by atoms with Crippen LogP contribution in [0.5, 0.6) is 0 Å². The molecule has 20 heavy (non-hydrogen) atoms. The van der Waals surface area contributed by atoms with Gasteiger partial charge in [-0.2, -0.15) is 0 Å². The summed E-state index contributed by atoms with van der Waals surface area (Å²) in [6, 6.07) is 10.1. The van der Waals surface area contributed by atoms with Gasteiger partial charge in [-0.1, -0.05) is 38.1 Å². The van der Waals surface area contributed by atoms with E-state index in [1.54, 1.807) is 0 Å². The van der Waals surface area contributed by atoms with Crippen molar-refractivity contribution in [3.05, 3.63) is 35.4 Å². The second-order valence-corrected chi connectivity index (χ2v) is 6.60. The van der Waals surface area contributed by atoms with Crippen LogP contribution in [-0.4, -0.2) is 19.3 Å². The van der Waals surface area contributed by atoms with Crippen LogP contribution in [0.25, 0.3) is 0 Å². The molecule has 0 amide bonds. The highest BCUT2D eigenvalue weighted by Crippen LogP contribution is 2.24. The lowest BCUT2D eigenvalue weighted by Gasteiger charge is -2.20. The predicted octanol–water partition coefficient (Wildman–Crippen LogP) is 4.10. The molecule has 2 rings (SSSR count). The van der Waals surface area contributed by atoms with Gasteiger partial charge in [0.15, 0.2) is 0 Å². The average molecular weight is 275 g/mol. The molecule has 0 spiro atoms. The molecule has 3 atom stereocenters. The van der Waals surface area contributed by atoms with Crippen molar-refractivity contribution in [1.82, 2.24) is 5.32 Å². The van der Waals surface area contributed by atoms with Crippen LogP contribution in [0.1, 0.15) is 57.2 Å². The van der Waals surface area contributed by atoms with Gasteiger partial charge in [0.2, 0.25) is 0 Å². The summed E-state index contributed by atoms with van der Waals surface area (Å²) >= 11 is 0. The van der Waals surface area contributed by atoms with E-state index in [-0.39, 0.29) is 0 Å². The molecule has 0 aromatic heterocycles. The molecule has 0 bridgehead atoms. The van der Waals surface area contributed by atoms with Crippen molar-refractivity contribution in [2.45, 2.75) is 64.6 Å². The fourth-order valence-electron chi connectivity index (χ4n) is 3.17. The molecule has 0 aliphatic heterocycles. The van der Waals surface area contributed by atoms with Crippen molar-refractivity contribution >= 4 is 0 Å². The number of benzene rings is 1. The summed E-state index contributed by atoms with van der Waals surface area (Å²) < 4.78 is 5.44. The summed E-state index contributed by atoms with van der Waals surface area (Å²) in [4.78, 5) is 0. The van der Waals surface area contributed by atoms with Crippen molar-refractivity contribution in [3.63, 3.8) is 0 Å². The molecule has 0 radical (unpaired) electrons. The first-order valence-corrected chi connectivity index (χ1v) is 7.96. The molecule has 2 heteroatoms. The van der Waals surface area contributed by atoms with Gasteiger partial charge >= 0.3 is 0 Å². The fourth-order valence-corrected chi connectivity index (χ4v) is 3.17. The van der Waals surface area contributed by atoms with E-state index < -0.39 is 0 Å². The second kappa shape index (κ2) is 7.24. The number of hydrogen-bond acceptors (Lipinski definition) is 2. The molecular weight excluding hydrogens is 246 g/mol. The molecule has 1 aromatic rings. The van der Waals surface area contributed by atoms with Crippen molar-refractivity contribution in [1.29, 1.82) is 0 Å². The maximum atomic E-state index is 5.44. The third-order valence-corrected chi connectivity index (χ3v) is 4.33. The van der Waals surface area contributed by atoms with Crippen LogP contribution in [-0.2, 0) is 11.2 Å². The standard InChI is InChI=1S/C18H29NO/c1-13(2)11-15-5-7-16(8-6-15)14(3)19-17-9-10-18(12-17)20-4/h5-8,13-14,17-19H,9-12H2,1-4H3. The summed E-state index contributed by atoms with van der Waals surface area (Å²) in [6.45, 7) is 6.80. The highest BCUT2D eigenvalue weighted by atomic mass is 16.5. The topological polar surface area (TPSA) is 21.3 Å². The van der Waals surface area contributed by atoms with Gasteiger partial charge in [-0.05, 0) is 49.7 Å². The van der Waals surface area contributed by atoms with Crippen LogP contribution in [0.3, 0.4) is 0 Å². The van der Waals surface area contributed by atoms with E-state index in [4.69, 9.17) is 4.74 Å². The molecule has 2 nitrogen and oxygen atoms in total. The molecule has 0 saturated heterocycles. The lowest BCUT2D eigenvalue weighted by molar-refractivity contribution is 0.106. The summed E-state index contributed by atoms with van der Waals surface area (Å²) in [5.41, 5.74) is 2.83. The Balaban J connectivity index is 1.87. The first-order chi connectivity index (χ1) is 9.58. The SMILES string of the molecule is COC1CCC(NC(C)c2ccc(CC(C)C)cc2)C1. The zero-order chi connectivity index (χ0) is 14.5. The third-order valence-electron chi connectivity index (χ3n) is 4.33. The lowest BCUT2D eigenvalue weighted by atomic mass is 9.99. The lowest BCUT2D eigenvalue weighted by Crippen LogP contribution is -2.29. The molecule has 3 unspecified atom stereocenters. The van der Waals surface area contributed by atoms with Gasteiger partial charge in [0.05, 0.1) is 6.10 Å². The Kier molecular flexibility index (Phi) is 5.62. The Hall–Kier alpha value is -0.860.